The Labute approximate surface area is 117 Å². The Morgan fingerprint density at radius 3 is 2.17 bits per heavy atom. The van der Waals surface area contributed by atoms with Crippen LogP contribution in [0.4, 0.5) is 0 Å². The van der Waals surface area contributed by atoms with Crippen LogP contribution in [0.3, 0.4) is 0 Å². The molecule has 0 aliphatic rings. The van der Waals surface area contributed by atoms with E-state index in [9.17, 15) is 0 Å². The van der Waals surface area contributed by atoms with Gasteiger partial charge < -0.3 is 4.90 Å². The van der Waals surface area contributed by atoms with Crippen LogP contribution in [-0.4, -0.2) is 24.5 Å². The second kappa shape index (κ2) is 7.16. The van der Waals surface area contributed by atoms with Crippen LogP contribution in [0.15, 0.2) is 24.3 Å². The van der Waals surface area contributed by atoms with Crippen LogP contribution < -0.4 is 0 Å². The Balaban J connectivity index is 2.60. The summed E-state index contributed by atoms with van der Waals surface area (Å²) in [5.74, 6) is 0. The number of nitrogens with zero attached hydrogens (tertiary/aromatic N) is 1. The van der Waals surface area contributed by atoms with Crippen molar-refractivity contribution in [3.8, 4) is 0 Å². The zero-order chi connectivity index (χ0) is 13.6. The van der Waals surface area contributed by atoms with Crippen LogP contribution in [0.25, 0.3) is 0 Å². The molecule has 0 aliphatic carbocycles. The topological polar surface area (TPSA) is 3.24 Å². The molecule has 0 aliphatic heterocycles. The lowest BCUT2D eigenvalue weighted by Crippen LogP contribution is -2.30. The number of halogens is 1. The summed E-state index contributed by atoms with van der Waals surface area (Å²) in [6.07, 6.45) is 2.41. The Hall–Kier alpha value is -0.530. The second-order valence-electron chi connectivity index (χ2n) is 5.58. The van der Waals surface area contributed by atoms with E-state index in [1.54, 1.807) is 0 Å². The molecule has 0 fully saturated rings. The van der Waals surface area contributed by atoms with E-state index in [4.69, 9.17) is 11.6 Å². The highest BCUT2D eigenvalue weighted by Crippen LogP contribution is 2.28. The van der Waals surface area contributed by atoms with E-state index in [2.05, 4.69) is 44.7 Å². The van der Waals surface area contributed by atoms with Gasteiger partial charge in [0.1, 0.15) is 0 Å². The van der Waals surface area contributed by atoms with E-state index in [-0.39, 0.29) is 5.41 Å². The molecule has 0 amide bonds. The molecule has 0 spiro atoms. The number of hydrogen-bond donors (Lipinski definition) is 0. The number of hydrogen-bond acceptors (Lipinski definition) is 1. The minimum Gasteiger partial charge on any atom is -0.304 e. The Kier molecular flexibility index (Phi) is 6.17. The molecule has 102 valence electrons. The van der Waals surface area contributed by atoms with E-state index >= 15 is 0 Å². The first-order valence-electron chi connectivity index (χ1n) is 6.98. The van der Waals surface area contributed by atoms with E-state index in [0.717, 1.165) is 11.6 Å². The van der Waals surface area contributed by atoms with Gasteiger partial charge in [-0.3, -0.25) is 0 Å². The maximum atomic E-state index is 5.94. The van der Waals surface area contributed by atoms with Crippen molar-refractivity contribution in [2.24, 2.45) is 0 Å². The quantitative estimate of drug-likeness (QED) is 0.690. The molecule has 1 aromatic rings. The zero-order valence-corrected chi connectivity index (χ0v) is 12.9. The van der Waals surface area contributed by atoms with Crippen molar-refractivity contribution in [2.45, 2.75) is 46.0 Å². The summed E-state index contributed by atoms with van der Waals surface area (Å²) in [5, 5.41) is 0.815. The second-order valence-corrected chi connectivity index (χ2v) is 6.01. The first-order valence-corrected chi connectivity index (χ1v) is 7.35. The normalized spacial score (nSPS) is 12.1. The minimum atomic E-state index is 0.214. The molecule has 0 radical (unpaired) electrons. The Morgan fingerprint density at radius 1 is 1.06 bits per heavy atom. The summed E-state index contributed by atoms with van der Waals surface area (Å²) < 4.78 is 0. The highest BCUT2D eigenvalue weighted by atomic mass is 35.5. The van der Waals surface area contributed by atoms with Gasteiger partial charge in [0.25, 0.3) is 0 Å². The van der Waals surface area contributed by atoms with Gasteiger partial charge >= 0.3 is 0 Å². The average molecular weight is 268 g/mol. The first kappa shape index (κ1) is 15.5. The van der Waals surface area contributed by atoms with Crippen LogP contribution in [0, 0.1) is 0 Å². The molecule has 0 saturated heterocycles. The van der Waals surface area contributed by atoms with E-state index in [1.807, 2.05) is 12.1 Å². The van der Waals surface area contributed by atoms with Gasteiger partial charge in [-0.2, -0.15) is 0 Å². The largest absolute Gasteiger partial charge is 0.304 e. The Bertz CT molecular complexity index is 343. The maximum absolute atomic E-state index is 5.94. The van der Waals surface area contributed by atoms with Crippen molar-refractivity contribution in [1.29, 1.82) is 0 Å². The van der Waals surface area contributed by atoms with Gasteiger partial charge in [0.05, 0.1) is 0 Å². The molecule has 2 heteroatoms. The molecular formula is C16H26ClN. The molecule has 0 unspecified atom stereocenters. The lowest BCUT2D eigenvalue weighted by molar-refractivity contribution is 0.259. The summed E-state index contributed by atoms with van der Waals surface area (Å²) in [4.78, 5) is 2.53. The van der Waals surface area contributed by atoms with Crippen molar-refractivity contribution < 1.29 is 0 Å². The van der Waals surface area contributed by atoms with Crippen molar-refractivity contribution in [1.82, 2.24) is 4.90 Å². The monoisotopic (exact) mass is 267 g/mol. The van der Waals surface area contributed by atoms with Crippen LogP contribution in [0.1, 0.15) is 46.1 Å². The molecule has 0 bridgehead atoms. The van der Waals surface area contributed by atoms with Crippen molar-refractivity contribution in [2.75, 3.05) is 19.6 Å². The van der Waals surface area contributed by atoms with E-state index < -0.39 is 0 Å². The molecule has 18 heavy (non-hydrogen) atoms. The van der Waals surface area contributed by atoms with Gasteiger partial charge in [0.15, 0.2) is 0 Å². The van der Waals surface area contributed by atoms with E-state index in [1.165, 1.54) is 31.5 Å². The summed E-state index contributed by atoms with van der Waals surface area (Å²) in [6.45, 7) is 12.6. The summed E-state index contributed by atoms with van der Waals surface area (Å²) in [6, 6.07) is 8.28. The van der Waals surface area contributed by atoms with Crippen molar-refractivity contribution >= 4 is 11.6 Å². The third-order valence-corrected chi connectivity index (χ3v) is 3.92. The molecule has 0 N–H and O–H groups in total. The highest BCUT2D eigenvalue weighted by Gasteiger charge is 2.21. The van der Waals surface area contributed by atoms with Crippen molar-refractivity contribution in [3.63, 3.8) is 0 Å². The minimum absolute atomic E-state index is 0.214. The summed E-state index contributed by atoms with van der Waals surface area (Å²) in [7, 11) is 0. The van der Waals surface area contributed by atoms with Gasteiger partial charge in [0.2, 0.25) is 0 Å². The van der Waals surface area contributed by atoms with Gasteiger partial charge in [-0.05, 0) is 55.6 Å². The molecule has 1 rings (SSSR count). The van der Waals surface area contributed by atoms with Crippen LogP contribution in [0.2, 0.25) is 5.02 Å². The van der Waals surface area contributed by atoms with Crippen LogP contribution in [0.5, 0.6) is 0 Å². The molecule has 1 aromatic carbocycles. The zero-order valence-electron chi connectivity index (χ0n) is 12.2. The summed E-state index contributed by atoms with van der Waals surface area (Å²) in [5.41, 5.74) is 1.59. The molecular weight excluding hydrogens is 242 g/mol. The third kappa shape index (κ3) is 4.62. The lowest BCUT2D eigenvalue weighted by atomic mass is 9.81. The third-order valence-electron chi connectivity index (χ3n) is 3.67. The Morgan fingerprint density at radius 2 is 1.67 bits per heavy atom. The molecule has 0 aromatic heterocycles. The SMILES string of the molecule is CCCN(CC)CCC(C)(C)c1ccc(Cl)cc1. The summed E-state index contributed by atoms with van der Waals surface area (Å²) >= 11 is 5.94. The average Bonchev–Trinajstić information content (AvgIpc) is 2.35. The number of benzene rings is 1. The molecule has 0 atom stereocenters. The van der Waals surface area contributed by atoms with Crippen LogP contribution >= 0.6 is 11.6 Å². The van der Waals surface area contributed by atoms with Gasteiger partial charge in [-0.15, -0.1) is 0 Å². The fraction of sp³-hybridized carbons (Fsp3) is 0.625. The number of rotatable bonds is 7. The first-order chi connectivity index (χ1) is 8.49. The standard InChI is InChI=1S/C16H26ClN/c1-5-12-18(6-2)13-11-16(3,4)14-7-9-15(17)10-8-14/h7-10H,5-6,11-13H2,1-4H3. The van der Waals surface area contributed by atoms with Gasteiger partial charge in [-0.1, -0.05) is 51.4 Å². The fourth-order valence-corrected chi connectivity index (χ4v) is 2.35. The molecule has 0 heterocycles. The lowest BCUT2D eigenvalue weighted by Gasteiger charge is -2.29. The van der Waals surface area contributed by atoms with Gasteiger partial charge in [-0.25, -0.2) is 0 Å². The van der Waals surface area contributed by atoms with E-state index in [0.29, 0.717) is 0 Å². The predicted octanol–water partition coefficient (Wildman–Crippen LogP) is 4.74. The maximum Gasteiger partial charge on any atom is 0.0406 e. The predicted molar refractivity (Wildman–Crippen MR) is 81.5 cm³/mol. The van der Waals surface area contributed by atoms with Gasteiger partial charge in [0, 0.05) is 5.02 Å². The smallest absolute Gasteiger partial charge is 0.0406 e. The molecule has 1 nitrogen and oxygen atoms in total. The fourth-order valence-electron chi connectivity index (χ4n) is 2.23. The van der Waals surface area contributed by atoms with Crippen LogP contribution in [-0.2, 0) is 5.41 Å². The highest BCUT2D eigenvalue weighted by molar-refractivity contribution is 6.30. The molecule has 0 saturated carbocycles. The van der Waals surface area contributed by atoms with Crippen molar-refractivity contribution in [3.05, 3.63) is 34.9 Å².